The topological polar surface area (TPSA) is 17.1 Å². The van der Waals surface area contributed by atoms with Crippen molar-refractivity contribution in [3.63, 3.8) is 0 Å². The first-order valence-electron chi connectivity index (χ1n) is 5.26. The van der Waals surface area contributed by atoms with E-state index < -0.39 is 23.0 Å². The molecule has 18 heavy (non-hydrogen) atoms. The number of carbonyl (C=O) groups is 1. The van der Waals surface area contributed by atoms with Crippen LogP contribution < -0.4 is 0 Å². The Morgan fingerprint density at radius 3 is 2.50 bits per heavy atom. The van der Waals surface area contributed by atoms with E-state index in [2.05, 4.69) is 15.9 Å². The molecule has 5 heteroatoms. The zero-order valence-electron chi connectivity index (χ0n) is 9.25. The number of thiophene rings is 1. The van der Waals surface area contributed by atoms with Gasteiger partial charge in [0.15, 0.2) is 5.78 Å². The smallest absolute Gasteiger partial charge is 0.169 e. The molecule has 0 aliphatic rings. The highest BCUT2D eigenvalue weighted by atomic mass is 79.9. The van der Waals surface area contributed by atoms with Gasteiger partial charge >= 0.3 is 0 Å². The molecule has 0 aliphatic carbocycles. The second-order valence-electron chi connectivity index (χ2n) is 3.80. The first-order valence-corrected chi connectivity index (χ1v) is 7.00. The van der Waals surface area contributed by atoms with Gasteiger partial charge in [-0.3, -0.25) is 4.79 Å². The van der Waals surface area contributed by atoms with Crippen molar-refractivity contribution in [3.05, 3.63) is 56.2 Å². The molecule has 0 aliphatic heterocycles. The molecule has 2 rings (SSSR count). The summed E-state index contributed by atoms with van der Waals surface area (Å²) in [5.74, 6) is -2.15. The maximum Gasteiger partial charge on any atom is 0.169 e. The molecule has 0 spiro atoms. The van der Waals surface area contributed by atoms with Gasteiger partial charge in [0.1, 0.15) is 11.6 Å². The molecule has 0 saturated carbocycles. The van der Waals surface area contributed by atoms with Gasteiger partial charge < -0.3 is 0 Å². The van der Waals surface area contributed by atoms with E-state index in [1.807, 2.05) is 16.8 Å². The van der Waals surface area contributed by atoms with Crippen LogP contribution in [0.15, 0.2) is 33.4 Å². The van der Waals surface area contributed by atoms with Crippen LogP contribution in [0.2, 0.25) is 0 Å². The fraction of sp³-hybridized carbons (Fsp3) is 0.154. The van der Waals surface area contributed by atoms with Crippen molar-refractivity contribution in [2.75, 3.05) is 0 Å². The van der Waals surface area contributed by atoms with Gasteiger partial charge in [0.2, 0.25) is 0 Å². The Morgan fingerprint density at radius 2 is 1.94 bits per heavy atom. The molecule has 0 N–H and O–H groups in total. The zero-order chi connectivity index (χ0) is 13.1. The predicted octanol–water partition coefficient (Wildman–Crippen LogP) is 4.60. The van der Waals surface area contributed by atoms with Gasteiger partial charge in [-0.25, -0.2) is 8.78 Å². The minimum absolute atomic E-state index is 0.103. The number of Topliss-reactive ketones (excluding diaryl/α,β-unsaturated/α-hetero) is 1. The third-order valence-electron chi connectivity index (χ3n) is 2.51. The molecule has 0 fully saturated rings. The summed E-state index contributed by atoms with van der Waals surface area (Å²) in [6.45, 7) is 0. The lowest BCUT2D eigenvalue weighted by molar-refractivity contribution is 0.0974. The Bertz CT molecular complexity index is 543. The van der Waals surface area contributed by atoms with Crippen LogP contribution in [-0.4, -0.2) is 5.78 Å². The third-order valence-corrected chi connectivity index (χ3v) is 3.70. The van der Waals surface area contributed by atoms with Crippen molar-refractivity contribution >= 4 is 33.0 Å². The summed E-state index contributed by atoms with van der Waals surface area (Å²) < 4.78 is 27.4. The largest absolute Gasteiger partial charge is 0.294 e. The van der Waals surface area contributed by atoms with Crippen molar-refractivity contribution in [1.29, 1.82) is 0 Å². The van der Waals surface area contributed by atoms with Crippen LogP contribution in [0.4, 0.5) is 8.78 Å². The molecular weight excluding hydrogens is 322 g/mol. The number of aryl methyl sites for hydroxylation is 1. The van der Waals surface area contributed by atoms with Crippen molar-refractivity contribution in [2.45, 2.75) is 12.8 Å². The second kappa shape index (κ2) is 5.71. The van der Waals surface area contributed by atoms with E-state index in [1.165, 1.54) is 11.3 Å². The molecule has 0 saturated heterocycles. The minimum atomic E-state index is -0.822. The lowest BCUT2D eigenvalue weighted by atomic mass is 10.0. The van der Waals surface area contributed by atoms with Crippen molar-refractivity contribution in [1.82, 2.24) is 0 Å². The number of carbonyl (C=O) groups excluding carboxylic acids is 1. The molecule has 0 amide bonds. The van der Waals surface area contributed by atoms with Crippen LogP contribution in [-0.2, 0) is 6.42 Å². The molecule has 94 valence electrons. The van der Waals surface area contributed by atoms with Gasteiger partial charge in [0.25, 0.3) is 0 Å². The minimum Gasteiger partial charge on any atom is -0.294 e. The molecule has 0 atom stereocenters. The van der Waals surface area contributed by atoms with E-state index in [1.54, 1.807) is 0 Å². The molecule has 0 radical (unpaired) electrons. The average molecular weight is 331 g/mol. The average Bonchev–Trinajstić information content (AvgIpc) is 2.77. The Labute approximate surface area is 116 Å². The summed E-state index contributed by atoms with van der Waals surface area (Å²) in [4.78, 5) is 11.8. The van der Waals surface area contributed by atoms with Crippen LogP contribution in [0.25, 0.3) is 0 Å². The van der Waals surface area contributed by atoms with Crippen molar-refractivity contribution < 1.29 is 13.6 Å². The Hall–Kier alpha value is -1.07. The lowest BCUT2D eigenvalue weighted by Crippen LogP contribution is -2.07. The van der Waals surface area contributed by atoms with Crippen molar-refractivity contribution in [3.8, 4) is 0 Å². The van der Waals surface area contributed by atoms with E-state index >= 15 is 0 Å². The molecule has 1 aromatic carbocycles. The molecule has 1 heterocycles. The normalized spacial score (nSPS) is 10.6. The van der Waals surface area contributed by atoms with Gasteiger partial charge in [-0.15, -0.1) is 0 Å². The van der Waals surface area contributed by atoms with E-state index in [4.69, 9.17) is 0 Å². The zero-order valence-corrected chi connectivity index (χ0v) is 11.7. The number of hydrogen-bond acceptors (Lipinski definition) is 2. The summed E-state index contributed by atoms with van der Waals surface area (Å²) in [6, 6.07) is 4.09. The van der Waals surface area contributed by atoms with Crippen LogP contribution in [0.1, 0.15) is 22.3 Å². The molecule has 1 nitrogen and oxygen atoms in total. The van der Waals surface area contributed by atoms with Gasteiger partial charge in [0.05, 0.1) is 5.56 Å². The maximum absolute atomic E-state index is 13.5. The highest BCUT2D eigenvalue weighted by Crippen LogP contribution is 2.21. The first-order chi connectivity index (χ1) is 8.58. The van der Waals surface area contributed by atoms with Crippen LogP contribution in [0.5, 0.6) is 0 Å². The number of hydrogen-bond donors (Lipinski definition) is 0. The summed E-state index contributed by atoms with van der Waals surface area (Å²) in [7, 11) is 0. The number of benzene rings is 1. The fourth-order valence-corrected chi connectivity index (χ4v) is 2.73. The Balaban J connectivity index is 2.14. The van der Waals surface area contributed by atoms with Crippen LogP contribution in [0, 0.1) is 11.6 Å². The molecule has 0 bridgehead atoms. The molecule has 1 aromatic heterocycles. The fourth-order valence-electron chi connectivity index (χ4n) is 1.63. The summed E-state index contributed by atoms with van der Waals surface area (Å²) in [6.07, 6.45) is 0.601. The van der Waals surface area contributed by atoms with E-state index in [9.17, 15) is 13.6 Å². The Morgan fingerprint density at radius 1 is 1.28 bits per heavy atom. The maximum atomic E-state index is 13.5. The van der Waals surface area contributed by atoms with Gasteiger partial charge in [-0.2, -0.15) is 11.3 Å². The van der Waals surface area contributed by atoms with Crippen LogP contribution in [0.3, 0.4) is 0 Å². The highest BCUT2D eigenvalue weighted by molar-refractivity contribution is 9.10. The Kier molecular flexibility index (Phi) is 4.24. The second-order valence-corrected chi connectivity index (χ2v) is 5.49. The van der Waals surface area contributed by atoms with Gasteiger partial charge in [-0.1, -0.05) is 15.9 Å². The number of ketones is 1. The first kappa shape index (κ1) is 13.4. The van der Waals surface area contributed by atoms with Gasteiger partial charge in [0, 0.05) is 10.9 Å². The molecule has 0 unspecified atom stereocenters. The van der Waals surface area contributed by atoms with Crippen LogP contribution >= 0.6 is 27.3 Å². The standard InChI is InChI=1S/C13H9BrF2OS/c14-9-5-10(15)13(11(16)6-9)12(17)2-1-8-3-4-18-7-8/h3-7H,1-2H2. The highest BCUT2D eigenvalue weighted by Gasteiger charge is 2.18. The number of rotatable bonds is 4. The lowest BCUT2D eigenvalue weighted by Gasteiger charge is -2.04. The monoisotopic (exact) mass is 330 g/mol. The van der Waals surface area contributed by atoms with E-state index in [0.717, 1.165) is 17.7 Å². The summed E-state index contributed by atoms with van der Waals surface area (Å²) in [5, 5.41) is 3.82. The van der Waals surface area contributed by atoms with E-state index in [-0.39, 0.29) is 10.9 Å². The summed E-state index contributed by atoms with van der Waals surface area (Å²) >= 11 is 4.51. The third kappa shape index (κ3) is 3.03. The SMILES string of the molecule is O=C(CCc1ccsc1)c1c(F)cc(Br)cc1F. The molecule has 2 aromatic rings. The van der Waals surface area contributed by atoms with Gasteiger partial charge in [-0.05, 0) is 40.9 Å². The number of halogens is 3. The quantitative estimate of drug-likeness (QED) is 0.748. The van der Waals surface area contributed by atoms with Crippen molar-refractivity contribution in [2.24, 2.45) is 0 Å². The summed E-state index contributed by atoms with van der Waals surface area (Å²) in [5.41, 5.74) is 0.555. The molecular formula is C13H9BrF2OS. The van der Waals surface area contributed by atoms with E-state index in [0.29, 0.717) is 6.42 Å². The predicted molar refractivity (Wildman–Crippen MR) is 71.0 cm³/mol.